The molecule has 3 nitrogen and oxygen atoms in total. The van der Waals surface area contributed by atoms with Gasteiger partial charge in [0.25, 0.3) is 0 Å². The molecule has 1 aromatic carbocycles. The number of carbonyl (C=O) groups is 1. The number of fused-ring (bicyclic) bond motifs is 1. The van der Waals surface area contributed by atoms with E-state index < -0.39 is 0 Å². The number of aromatic nitrogens is 1. The molecule has 1 amide bonds. The molecule has 2 heterocycles. The van der Waals surface area contributed by atoms with Crippen LogP contribution in [0.3, 0.4) is 0 Å². The third kappa shape index (κ3) is 2.06. The fourth-order valence-corrected chi connectivity index (χ4v) is 3.72. The predicted octanol–water partition coefficient (Wildman–Crippen LogP) is 3.45. The molecule has 19 heavy (non-hydrogen) atoms. The summed E-state index contributed by atoms with van der Waals surface area (Å²) in [6.07, 6.45) is 2.41. The number of carbonyl (C=O) groups excluding carboxylic acids is 1. The van der Waals surface area contributed by atoms with Crippen LogP contribution >= 0.6 is 11.3 Å². The Labute approximate surface area is 116 Å². The van der Waals surface area contributed by atoms with E-state index in [0.29, 0.717) is 13.0 Å². The van der Waals surface area contributed by atoms with Gasteiger partial charge in [0.05, 0.1) is 10.2 Å². The third-order valence-electron chi connectivity index (χ3n) is 3.54. The number of rotatable bonds is 2. The molecule has 1 atom stereocenters. The molecule has 98 valence electrons. The monoisotopic (exact) mass is 272 g/mol. The minimum atomic E-state index is 0.151. The summed E-state index contributed by atoms with van der Waals surface area (Å²) < 4.78 is 1.15. The van der Waals surface area contributed by atoms with Gasteiger partial charge < -0.3 is 0 Å². The van der Waals surface area contributed by atoms with Crippen molar-refractivity contribution in [3.63, 3.8) is 0 Å². The number of hydrogen-bond acceptors (Lipinski definition) is 3. The van der Waals surface area contributed by atoms with Gasteiger partial charge in [0.15, 0.2) is 5.13 Å². The lowest BCUT2D eigenvalue weighted by molar-refractivity contribution is -0.117. The van der Waals surface area contributed by atoms with Crippen LogP contribution < -0.4 is 4.90 Å². The van der Waals surface area contributed by atoms with Crippen LogP contribution in [0.4, 0.5) is 5.13 Å². The van der Waals surface area contributed by atoms with Gasteiger partial charge in [-0.25, -0.2) is 4.98 Å². The van der Waals surface area contributed by atoms with Crippen LogP contribution in [0.25, 0.3) is 10.2 Å². The van der Waals surface area contributed by atoms with Gasteiger partial charge in [0, 0.05) is 18.9 Å². The lowest BCUT2D eigenvalue weighted by Gasteiger charge is -2.11. The Balaban J connectivity index is 2.04. The summed E-state index contributed by atoms with van der Waals surface area (Å²) in [7, 11) is 0. The van der Waals surface area contributed by atoms with Gasteiger partial charge in [-0.2, -0.15) is 0 Å². The number of amides is 1. The van der Waals surface area contributed by atoms with Crippen LogP contribution in [-0.4, -0.2) is 17.4 Å². The van der Waals surface area contributed by atoms with Crippen LogP contribution in [0.1, 0.15) is 17.5 Å². The second-order valence-corrected chi connectivity index (χ2v) is 6.14. The first-order chi connectivity index (χ1) is 9.08. The highest BCUT2D eigenvalue weighted by molar-refractivity contribution is 7.22. The van der Waals surface area contributed by atoms with E-state index >= 15 is 0 Å². The van der Waals surface area contributed by atoms with Gasteiger partial charge in [-0.3, -0.25) is 9.69 Å². The molecular formula is C15H16N2OS. The maximum absolute atomic E-state index is 12.0. The van der Waals surface area contributed by atoms with Crippen LogP contribution in [0.5, 0.6) is 0 Å². The van der Waals surface area contributed by atoms with Crippen molar-refractivity contribution in [1.29, 1.82) is 0 Å². The Kier molecular flexibility index (Phi) is 2.90. The number of anilines is 1. The molecule has 4 heteroatoms. The fraction of sp³-hybridized carbons (Fsp3) is 0.333. The van der Waals surface area contributed by atoms with Gasteiger partial charge >= 0.3 is 0 Å². The molecule has 0 N–H and O–H groups in total. The zero-order chi connectivity index (χ0) is 13.6. The van der Waals surface area contributed by atoms with Crippen molar-refractivity contribution in [1.82, 2.24) is 4.98 Å². The van der Waals surface area contributed by atoms with Crippen molar-refractivity contribution in [3.05, 3.63) is 35.9 Å². The first-order valence-electron chi connectivity index (χ1n) is 6.39. The molecule has 1 saturated heterocycles. The number of benzene rings is 1. The van der Waals surface area contributed by atoms with E-state index in [2.05, 4.69) is 37.5 Å². The smallest absolute Gasteiger partial charge is 0.229 e. The second-order valence-electron chi connectivity index (χ2n) is 5.13. The van der Waals surface area contributed by atoms with E-state index in [0.717, 1.165) is 15.3 Å². The highest BCUT2D eigenvalue weighted by atomic mass is 32.1. The molecular weight excluding hydrogens is 256 g/mol. The van der Waals surface area contributed by atoms with Crippen LogP contribution in [0.2, 0.25) is 0 Å². The average Bonchev–Trinajstić information content (AvgIpc) is 2.92. The minimum absolute atomic E-state index is 0.151. The topological polar surface area (TPSA) is 33.2 Å². The lowest BCUT2D eigenvalue weighted by atomic mass is 10.1. The third-order valence-corrected chi connectivity index (χ3v) is 4.56. The molecule has 1 fully saturated rings. The zero-order valence-corrected chi connectivity index (χ0v) is 12.0. The van der Waals surface area contributed by atoms with Crippen LogP contribution in [-0.2, 0) is 4.79 Å². The molecule has 1 aliphatic heterocycles. The summed E-state index contributed by atoms with van der Waals surface area (Å²) in [4.78, 5) is 18.5. The van der Waals surface area contributed by atoms with E-state index in [1.807, 2.05) is 6.08 Å². The van der Waals surface area contributed by atoms with Crippen molar-refractivity contribution in [2.75, 3.05) is 11.4 Å². The molecule has 1 aromatic heterocycles. The Morgan fingerprint density at radius 1 is 1.47 bits per heavy atom. The summed E-state index contributed by atoms with van der Waals surface area (Å²) in [6, 6.07) is 4.26. The van der Waals surface area contributed by atoms with E-state index in [9.17, 15) is 4.79 Å². The number of hydrogen-bond donors (Lipinski definition) is 0. The largest absolute Gasteiger partial charge is 0.287 e. The maximum atomic E-state index is 12.0. The van der Waals surface area contributed by atoms with Crippen molar-refractivity contribution >= 4 is 32.6 Å². The summed E-state index contributed by atoms with van der Waals surface area (Å²) >= 11 is 1.60. The molecule has 3 rings (SSSR count). The zero-order valence-electron chi connectivity index (χ0n) is 11.1. The Bertz CT molecular complexity index is 674. The van der Waals surface area contributed by atoms with Gasteiger partial charge in [-0.15, -0.1) is 6.58 Å². The fourth-order valence-electron chi connectivity index (χ4n) is 2.55. The van der Waals surface area contributed by atoms with Gasteiger partial charge in [-0.1, -0.05) is 23.5 Å². The standard InChI is InChI=1S/C15H16N2OS/c1-4-11-7-13(18)17(8-11)15-16-14-10(3)5-9(2)6-12(14)19-15/h4-6,11H,1,7-8H2,2-3H3. The van der Waals surface area contributed by atoms with Crippen molar-refractivity contribution in [3.8, 4) is 0 Å². The number of nitrogens with zero attached hydrogens (tertiary/aromatic N) is 2. The first kappa shape index (κ1) is 12.4. The normalized spacial score (nSPS) is 19.4. The van der Waals surface area contributed by atoms with Crippen LogP contribution in [0.15, 0.2) is 24.8 Å². The second kappa shape index (κ2) is 4.46. The summed E-state index contributed by atoms with van der Waals surface area (Å²) in [6.45, 7) is 8.64. The molecule has 1 aliphatic rings. The van der Waals surface area contributed by atoms with E-state index in [4.69, 9.17) is 0 Å². The predicted molar refractivity (Wildman–Crippen MR) is 79.8 cm³/mol. The highest BCUT2D eigenvalue weighted by Crippen LogP contribution is 2.34. The minimum Gasteiger partial charge on any atom is -0.287 e. The first-order valence-corrected chi connectivity index (χ1v) is 7.21. The van der Waals surface area contributed by atoms with E-state index in [1.54, 1.807) is 16.2 Å². The van der Waals surface area contributed by atoms with Gasteiger partial charge in [0.1, 0.15) is 0 Å². The van der Waals surface area contributed by atoms with E-state index in [-0.39, 0.29) is 11.8 Å². The molecule has 1 unspecified atom stereocenters. The summed E-state index contributed by atoms with van der Waals surface area (Å²) in [5.74, 6) is 0.403. The SMILES string of the molecule is C=CC1CC(=O)N(c2nc3c(C)cc(C)cc3s2)C1. The summed E-state index contributed by atoms with van der Waals surface area (Å²) in [5.41, 5.74) is 3.42. The Hall–Kier alpha value is -1.68. The van der Waals surface area contributed by atoms with Crippen molar-refractivity contribution in [2.24, 2.45) is 5.92 Å². The molecule has 0 saturated carbocycles. The highest BCUT2D eigenvalue weighted by Gasteiger charge is 2.30. The number of thiazole rings is 1. The van der Waals surface area contributed by atoms with Crippen molar-refractivity contribution in [2.45, 2.75) is 20.3 Å². The number of aryl methyl sites for hydroxylation is 2. The molecule has 0 spiro atoms. The Morgan fingerprint density at radius 2 is 2.26 bits per heavy atom. The van der Waals surface area contributed by atoms with Gasteiger partial charge in [-0.05, 0) is 31.0 Å². The molecule has 0 radical (unpaired) electrons. The lowest BCUT2D eigenvalue weighted by Crippen LogP contribution is -2.24. The Morgan fingerprint density at radius 3 is 2.95 bits per heavy atom. The van der Waals surface area contributed by atoms with Crippen LogP contribution in [0, 0.1) is 19.8 Å². The van der Waals surface area contributed by atoms with Crippen molar-refractivity contribution < 1.29 is 4.79 Å². The molecule has 2 aromatic rings. The maximum Gasteiger partial charge on any atom is 0.229 e. The quantitative estimate of drug-likeness (QED) is 0.784. The van der Waals surface area contributed by atoms with Gasteiger partial charge in [0.2, 0.25) is 5.91 Å². The average molecular weight is 272 g/mol. The van der Waals surface area contributed by atoms with E-state index in [1.165, 1.54) is 11.1 Å². The molecule has 0 bridgehead atoms. The summed E-state index contributed by atoms with van der Waals surface area (Å²) in [5, 5.41) is 0.818. The molecule has 0 aliphatic carbocycles.